The van der Waals surface area contributed by atoms with E-state index in [0.717, 1.165) is 5.56 Å². The largest absolute Gasteiger partial charge is 0.350 e. The van der Waals surface area contributed by atoms with Gasteiger partial charge in [-0.3, -0.25) is 9.59 Å². The van der Waals surface area contributed by atoms with E-state index in [0.29, 0.717) is 23.0 Å². The van der Waals surface area contributed by atoms with E-state index in [4.69, 9.17) is 0 Å². The van der Waals surface area contributed by atoms with Crippen LogP contribution >= 0.6 is 11.8 Å². The normalized spacial score (nSPS) is 16.1. The molecule has 4 rings (SSSR count). The van der Waals surface area contributed by atoms with E-state index in [9.17, 15) is 9.59 Å². The Balaban J connectivity index is 1.45. The van der Waals surface area contributed by atoms with Crippen molar-refractivity contribution in [3.8, 4) is 5.82 Å². The van der Waals surface area contributed by atoms with Crippen LogP contribution in [0, 0.1) is 0 Å². The highest BCUT2D eigenvalue weighted by Gasteiger charge is 2.35. The van der Waals surface area contributed by atoms with Crippen LogP contribution in [0.3, 0.4) is 0 Å². The van der Waals surface area contributed by atoms with Crippen molar-refractivity contribution in [3.63, 3.8) is 0 Å². The lowest BCUT2D eigenvalue weighted by Crippen LogP contribution is -2.47. The van der Waals surface area contributed by atoms with Gasteiger partial charge in [0.15, 0.2) is 5.82 Å². The van der Waals surface area contributed by atoms with Crippen molar-refractivity contribution in [3.05, 3.63) is 72.4 Å². The maximum absolute atomic E-state index is 12.8. The summed E-state index contributed by atoms with van der Waals surface area (Å²) in [5.41, 5.74) is 1.40. The van der Waals surface area contributed by atoms with Crippen molar-refractivity contribution in [2.75, 3.05) is 11.6 Å². The molecule has 0 radical (unpaired) electrons. The van der Waals surface area contributed by atoms with Crippen molar-refractivity contribution in [2.45, 2.75) is 12.6 Å². The number of hydrogen-bond donors (Lipinski definition) is 1. The Bertz CT molecular complexity index is 964. The second-order valence-corrected chi connectivity index (χ2v) is 7.20. The summed E-state index contributed by atoms with van der Waals surface area (Å²) in [4.78, 5) is 35.4. The number of nitrogens with one attached hydrogen (secondary N) is 1. The van der Waals surface area contributed by atoms with E-state index in [-0.39, 0.29) is 18.4 Å². The zero-order valence-electron chi connectivity index (χ0n) is 14.9. The molecule has 3 aromatic rings. The highest BCUT2D eigenvalue weighted by molar-refractivity contribution is 7.99. The van der Waals surface area contributed by atoms with E-state index < -0.39 is 6.04 Å². The molecule has 0 bridgehead atoms. The van der Waals surface area contributed by atoms with Crippen LogP contribution in [0.15, 0.2) is 61.3 Å². The van der Waals surface area contributed by atoms with Crippen LogP contribution in [-0.2, 0) is 11.3 Å². The first-order chi connectivity index (χ1) is 13.7. The lowest BCUT2D eigenvalue weighted by atomic mass is 10.1. The number of aromatic nitrogens is 4. The molecule has 1 N–H and O–H groups in total. The van der Waals surface area contributed by atoms with Crippen LogP contribution in [0.2, 0.25) is 0 Å². The van der Waals surface area contributed by atoms with Gasteiger partial charge in [0.05, 0.1) is 5.88 Å². The molecule has 8 nitrogen and oxygen atoms in total. The molecule has 28 heavy (non-hydrogen) atoms. The summed E-state index contributed by atoms with van der Waals surface area (Å²) in [6.07, 6.45) is 4.65. The molecule has 0 saturated carbocycles. The molecule has 3 heterocycles. The van der Waals surface area contributed by atoms with Gasteiger partial charge in [-0.25, -0.2) is 14.6 Å². The van der Waals surface area contributed by atoms with Crippen molar-refractivity contribution < 1.29 is 9.59 Å². The van der Waals surface area contributed by atoms with Crippen LogP contribution in [-0.4, -0.2) is 54.1 Å². The fraction of sp³-hybridized carbons (Fsp3) is 0.211. The van der Waals surface area contributed by atoms with Gasteiger partial charge >= 0.3 is 0 Å². The van der Waals surface area contributed by atoms with Crippen molar-refractivity contribution in [1.82, 2.24) is 30.0 Å². The topological polar surface area (TPSA) is 93.0 Å². The molecule has 0 spiro atoms. The Kier molecular flexibility index (Phi) is 5.34. The monoisotopic (exact) mass is 394 g/mol. The van der Waals surface area contributed by atoms with Gasteiger partial charge in [0.25, 0.3) is 5.91 Å². The van der Waals surface area contributed by atoms with E-state index in [1.165, 1.54) is 6.33 Å². The number of amides is 2. The summed E-state index contributed by atoms with van der Waals surface area (Å²) in [6.45, 7) is 0.288. The predicted molar refractivity (Wildman–Crippen MR) is 105 cm³/mol. The Morgan fingerprint density at radius 3 is 2.82 bits per heavy atom. The second kappa shape index (κ2) is 8.22. The number of benzene rings is 1. The minimum atomic E-state index is -0.496. The van der Waals surface area contributed by atoms with Crippen LogP contribution in [0.5, 0.6) is 0 Å². The lowest BCUT2D eigenvalue weighted by molar-refractivity contribution is -0.124. The third-order valence-electron chi connectivity index (χ3n) is 4.42. The number of nitrogens with zero attached hydrogens (tertiary/aromatic N) is 5. The fourth-order valence-corrected chi connectivity index (χ4v) is 4.15. The van der Waals surface area contributed by atoms with Gasteiger partial charge < -0.3 is 10.2 Å². The van der Waals surface area contributed by atoms with Crippen LogP contribution in [0.4, 0.5) is 0 Å². The SMILES string of the molecule is O=C(NCc1cccnc1-n1cncn1)C1CSCN1C(=O)c1ccccc1. The molecule has 1 unspecified atom stereocenters. The van der Waals surface area contributed by atoms with E-state index in [1.54, 1.807) is 52.1 Å². The molecule has 142 valence electrons. The number of thioether (sulfide) groups is 1. The number of hydrogen-bond acceptors (Lipinski definition) is 6. The number of pyridine rings is 1. The Morgan fingerprint density at radius 1 is 1.18 bits per heavy atom. The van der Waals surface area contributed by atoms with Crippen molar-refractivity contribution >= 4 is 23.6 Å². The van der Waals surface area contributed by atoms with Gasteiger partial charge in [-0.2, -0.15) is 5.10 Å². The number of carbonyl (C=O) groups excluding carboxylic acids is 2. The first-order valence-electron chi connectivity index (χ1n) is 8.74. The first kappa shape index (κ1) is 18.2. The average Bonchev–Trinajstić information content (AvgIpc) is 3.44. The average molecular weight is 394 g/mol. The van der Waals surface area contributed by atoms with Gasteiger partial charge in [0.2, 0.25) is 5.91 Å². The van der Waals surface area contributed by atoms with Crippen LogP contribution in [0.25, 0.3) is 5.82 Å². The van der Waals surface area contributed by atoms with Crippen LogP contribution < -0.4 is 5.32 Å². The smallest absolute Gasteiger partial charge is 0.255 e. The second-order valence-electron chi connectivity index (χ2n) is 6.20. The highest BCUT2D eigenvalue weighted by Crippen LogP contribution is 2.23. The maximum Gasteiger partial charge on any atom is 0.255 e. The fourth-order valence-electron chi connectivity index (χ4n) is 3.00. The number of carbonyl (C=O) groups is 2. The van der Waals surface area contributed by atoms with Crippen molar-refractivity contribution in [2.24, 2.45) is 0 Å². The van der Waals surface area contributed by atoms with Crippen LogP contribution in [0.1, 0.15) is 15.9 Å². The third-order valence-corrected chi connectivity index (χ3v) is 5.44. The minimum absolute atomic E-state index is 0.129. The van der Waals surface area contributed by atoms with E-state index in [2.05, 4.69) is 20.4 Å². The molecular formula is C19H18N6O2S. The molecule has 1 fully saturated rings. The predicted octanol–water partition coefficient (Wildman–Crippen LogP) is 1.49. The molecule has 2 amide bonds. The molecule has 1 aliphatic rings. The van der Waals surface area contributed by atoms with Gasteiger partial charge in [0.1, 0.15) is 18.7 Å². The molecule has 1 aromatic carbocycles. The summed E-state index contributed by atoms with van der Waals surface area (Å²) in [7, 11) is 0. The first-order valence-corrected chi connectivity index (χ1v) is 9.90. The Labute approximate surface area is 166 Å². The lowest BCUT2D eigenvalue weighted by Gasteiger charge is -2.23. The zero-order valence-corrected chi connectivity index (χ0v) is 15.7. The maximum atomic E-state index is 12.8. The molecule has 1 atom stereocenters. The van der Waals surface area contributed by atoms with E-state index >= 15 is 0 Å². The third kappa shape index (κ3) is 3.74. The zero-order chi connectivity index (χ0) is 19.3. The highest BCUT2D eigenvalue weighted by atomic mass is 32.2. The van der Waals surface area contributed by atoms with E-state index in [1.807, 2.05) is 24.3 Å². The van der Waals surface area contributed by atoms with Gasteiger partial charge in [-0.1, -0.05) is 24.3 Å². The number of rotatable bonds is 5. The summed E-state index contributed by atoms with van der Waals surface area (Å²) < 4.78 is 1.55. The van der Waals surface area contributed by atoms with Gasteiger partial charge in [-0.05, 0) is 18.2 Å². The van der Waals surface area contributed by atoms with Gasteiger partial charge in [0, 0.05) is 29.6 Å². The summed E-state index contributed by atoms with van der Waals surface area (Å²) in [5, 5.41) is 7.03. The Hall–Kier alpha value is -3.20. The summed E-state index contributed by atoms with van der Waals surface area (Å²) >= 11 is 1.57. The molecule has 2 aromatic heterocycles. The standard InChI is InChI=1S/C19H18N6O2S/c26-18(16-10-28-13-24(16)19(27)14-5-2-1-3-6-14)22-9-15-7-4-8-21-17(15)25-12-20-11-23-25/h1-8,11-12,16H,9-10,13H2,(H,22,26). The quantitative estimate of drug-likeness (QED) is 0.705. The van der Waals surface area contributed by atoms with Gasteiger partial charge in [-0.15, -0.1) is 11.8 Å². The molecule has 1 saturated heterocycles. The summed E-state index contributed by atoms with van der Waals surface area (Å²) in [5.74, 6) is 1.38. The summed E-state index contributed by atoms with van der Waals surface area (Å²) in [6, 6.07) is 12.2. The molecule has 0 aliphatic carbocycles. The molecule has 1 aliphatic heterocycles. The molecular weight excluding hydrogens is 376 g/mol. The molecule has 9 heteroatoms. The Morgan fingerprint density at radius 2 is 2.04 bits per heavy atom. The minimum Gasteiger partial charge on any atom is -0.350 e. The van der Waals surface area contributed by atoms with Crippen molar-refractivity contribution in [1.29, 1.82) is 0 Å².